The first-order chi connectivity index (χ1) is 8.41. The maximum Gasteiger partial charge on any atom is 0.471 e. The van der Waals surface area contributed by atoms with Gasteiger partial charge in [0.05, 0.1) is 12.7 Å². The highest BCUT2D eigenvalue weighted by Gasteiger charge is 2.38. The molecule has 96 valence electrons. The van der Waals surface area contributed by atoms with Crippen LogP contribution in [0.3, 0.4) is 0 Å². The number of alkyl halides is 3. The highest BCUT2D eigenvalue weighted by Crippen LogP contribution is 2.33. The molecule has 0 spiro atoms. The quantitative estimate of drug-likeness (QED) is 0.844. The van der Waals surface area contributed by atoms with E-state index in [9.17, 15) is 13.2 Å². The van der Waals surface area contributed by atoms with E-state index in [0.29, 0.717) is 10.8 Å². The number of hydrogen-bond donors (Lipinski definition) is 0. The van der Waals surface area contributed by atoms with Crippen molar-refractivity contribution in [1.29, 1.82) is 0 Å². The van der Waals surface area contributed by atoms with Crippen LogP contribution >= 0.6 is 11.6 Å². The number of rotatable bonds is 2. The van der Waals surface area contributed by atoms with Crippen molar-refractivity contribution in [3.63, 3.8) is 0 Å². The molecule has 1 heterocycles. The maximum atomic E-state index is 12.3. The average molecular weight is 279 g/mol. The summed E-state index contributed by atoms with van der Waals surface area (Å²) in [7, 11) is 1.37. The minimum absolute atomic E-state index is 0.226. The monoisotopic (exact) mass is 278 g/mol. The fraction of sp³-hybridized carbons (Fsp3) is 0.200. The van der Waals surface area contributed by atoms with E-state index in [0.717, 1.165) is 0 Å². The largest absolute Gasteiger partial charge is 0.496 e. The van der Waals surface area contributed by atoms with Gasteiger partial charge in [0.25, 0.3) is 0 Å². The summed E-state index contributed by atoms with van der Waals surface area (Å²) in [5, 5.41) is 3.58. The Hall–Kier alpha value is -1.76. The molecule has 0 amide bonds. The Morgan fingerprint density at radius 3 is 2.61 bits per heavy atom. The molecule has 0 bridgehead atoms. The molecular formula is C10H6ClF3N2O2. The predicted octanol–water partition coefficient (Wildman–Crippen LogP) is 3.42. The minimum atomic E-state index is -4.68. The van der Waals surface area contributed by atoms with Gasteiger partial charge in [0.15, 0.2) is 0 Å². The Labute approximate surface area is 104 Å². The summed E-state index contributed by atoms with van der Waals surface area (Å²) in [5.74, 6) is -1.35. The minimum Gasteiger partial charge on any atom is -0.496 e. The number of nitrogens with zero attached hydrogens (tertiary/aromatic N) is 2. The number of hydrogen-bond acceptors (Lipinski definition) is 4. The van der Waals surface area contributed by atoms with Gasteiger partial charge in [-0.05, 0) is 18.2 Å². The molecule has 0 aliphatic heterocycles. The van der Waals surface area contributed by atoms with Crippen LogP contribution in [0.25, 0.3) is 11.4 Å². The highest BCUT2D eigenvalue weighted by atomic mass is 35.5. The van der Waals surface area contributed by atoms with Gasteiger partial charge in [-0.1, -0.05) is 16.8 Å². The fourth-order valence-electron chi connectivity index (χ4n) is 1.30. The lowest BCUT2D eigenvalue weighted by Crippen LogP contribution is -2.04. The molecule has 0 saturated heterocycles. The van der Waals surface area contributed by atoms with Gasteiger partial charge in [-0.2, -0.15) is 18.2 Å². The zero-order valence-corrected chi connectivity index (χ0v) is 9.71. The fourth-order valence-corrected chi connectivity index (χ4v) is 1.48. The molecule has 4 nitrogen and oxygen atoms in total. The zero-order chi connectivity index (χ0) is 13.3. The summed E-state index contributed by atoms with van der Waals surface area (Å²) >= 11 is 5.76. The van der Waals surface area contributed by atoms with Crippen molar-refractivity contribution in [2.24, 2.45) is 0 Å². The third-order valence-corrected chi connectivity index (χ3v) is 2.31. The van der Waals surface area contributed by atoms with E-state index >= 15 is 0 Å². The Balaban J connectivity index is 2.49. The Bertz CT molecular complexity index is 568. The molecule has 0 fully saturated rings. The maximum absolute atomic E-state index is 12.3. The molecule has 0 N–H and O–H groups in total. The summed E-state index contributed by atoms with van der Waals surface area (Å²) in [5.41, 5.74) is 0.226. The second-order valence-corrected chi connectivity index (χ2v) is 3.70. The number of halogens is 4. The number of methoxy groups -OCH3 is 1. The van der Waals surface area contributed by atoms with Gasteiger partial charge in [-0.25, -0.2) is 0 Å². The summed E-state index contributed by atoms with van der Waals surface area (Å²) in [6.07, 6.45) is -4.68. The van der Waals surface area contributed by atoms with Gasteiger partial charge >= 0.3 is 12.1 Å². The molecule has 0 aliphatic carbocycles. The summed E-state index contributed by atoms with van der Waals surface area (Å²) in [4.78, 5) is 3.26. The molecule has 1 aromatic carbocycles. The summed E-state index contributed by atoms with van der Waals surface area (Å²) in [6, 6.07) is 4.43. The molecule has 0 radical (unpaired) electrons. The van der Waals surface area contributed by atoms with Crippen molar-refractivity contribution in [2.45, 2.75) is 6.18 Å². The van der Waals surface area contributed by atoms with Crippen LogP contribution in [0.4, 0.5) is 13.2 Å². The number of benzene rings is 1. The first kappa shape index (κ1) is 12.7. The van der Waals surface area contributed by atoms with Gasteiger partial charge in [-0.15, -0.1) is 0 Å². The molecular weight excluding hydrogens is 273 g/mol. The van der Waals surface area contributed by atoms with E-state index in [4.69, 9.17) is 16.3 Å². The van der Waals surface area contributed by atoms with Crippen LogP contribution in [-0.4, -0.2) is 17.3 Å². The van der Waals surface area contributed by atoms with Crippen molar-refractivity contribution < 1.29 is 22.4 Å². The van der Waals surface area contributed by atoms with E-state index in [1.54, 1.807) is 0 Å². The van der Waals surface area contributed by atoms with Crippen molar-refractivity contribution in [1.82, 2.24) is 10.1 Å². The summed E-state index contributed by atoms with van der Waals surface area (Å²) < 4.78 is 46.1. The van der Waals surface area contributed by atoms with E-state index in [-0.39, 0.29) is 11.4 Å². The van der Waals surface area contributed by atoms with Crippen LogP contribution < -0.4 is 4.74 Å². The highest BCUT2D eigenvalue weighted by molar-refractivity contribution is 6.30. The Morgan fingerprint density at radius 1 is 1.33 bits per heavy atom. The van der Waals surface area contributed by atoms with Crippen molar-refractivity contribution >= 4 is 11.6 Å². The van der Waals surface area contributed by atoms with Gasteiger partial charge in [-0.3, -0.25) is 0 Å². The molecule has 0 saturated carbocycles. The van der Waals surface area contributed by atoms with Crippen molar-refractivity contribution in [3.05, 3.63) is 29.1 Å². The van der Waals surface area contributed by atoms with Crippen LogP contribution in [0.1, 0.15) is 5.89 Å². The van der Waals surface area contributed by atoms with Crippen LogP contribution in [0.2, 0.25) is 5.02 Å². The van der Waals surface area contributed by atoms with Gasteiger partial charge in [0.2, 0.25) is 5.82 Å². The lowest BCUT2D eigenvalue weighted by molar-refractivity contribution is -0.159. The molecule has 2 rings (SSSR count). The average Bonchev–Trinajstić information content (AvgIpc) is 2.77. The molecule has 0 unspecified atom stereocenters. The number of ether oxygens (including phenoxy) is 1. The first-order valence-electron chi connectivity index (χ1n) is 4.66. The normalized spacial score (nSPS) is 11.6. The molecule has 2 aromatic rings. The third kappa shape index (κ3) is 2.40. The molecule has 1 aromatic heterocycles. The van der Waals surface area contributed by atoms with Crippen molar-refractivity contribution in [3.8, 4) is 17.1 Å². The first-order valence-corrected chi connectivity index (χ1v) is 5.04. The molecule has 0 atom stereocenters. The molecule has 18 heavy (non-hydrogen) atoms. The van der Waals surface area contributed by atoms with Crippen LogP contribution in [-0.2, 0) is 6.18 Å². The lowest BCUT2D eigenvalue weighted by Gasteiger charge is -2.04. The lowest BCUT2D eigenvalue weighted by atomic mass is 10.2. The summed E-state index contributed by atoms with van der Waals surface area (Å²) in [6.45, 7) is 0. The zero-order valence-electron chi connectivity index (χ0n) is 8.95. The van der Waals surface area contributed by atoms with Gasteiger partial charge < -0.3 is 9.26 Å². The standard InChI is InChI=1S/C10H6ClF3N2O2/c1-17-7-3-2-5(11)4-6(7)8-15-9(18-16-8)10(12,13)14/h2-4H,1H3. The van der Waals surface area contributed by atoms with E-state index < -0.39 is 12.1 Å². The SMILES string of the molecule is COc1ccc(Cl)cc1-c1noc(C(F)(F)F)n1. The second-order valence-electron chi connectivity index (χ2n) is 3.27. The van der Waals surface area contributed by atoms with Crippen LogP contribution in [0.5, 0.6) is 5.75 Å². The smallest absolute Gasteiger partial charge is 0.471 e. The Kier molecular flexibility index (Phi) is 3.16. The third-order valence-electron chi connectivity index (χ3n) is 2.07. The second kappa shape index (κ2) is 4.49. The Morgan fingerprint density at radius 2 is 2.06 bits per heavy atom. The molecule has 0 aliphatic rings. The topological polar surface area (TPSA) is 48.2 Å². The van der Waals surface area contributed by atoms with Crippen LogP contribution in [0.15, 0.2) is 22.7 Å². The molecule has 8 heteroatoms. The van der Waals surface area contributed by atoms with Gasteiger partial charge in [0.1, 0.15) is 5.75 Å². The van der Waals surface area contributed by atoms with Crippen LogP contribution in [0, 0.1) is 0 Å². The van der Waals surface area contributed by atoms with E-state index in [1.807, 2.05) is 0 Å². The predicted molar refractivity (Wildman–Crippen MR) is 56.3 cm³/mol. The number of aromatic nitrogens is 2. The van der Waals surface area contributed by atoms with Gasteiger partial charge in [0, 0.05) is 5.02 Å². The van der Waals surface area contributed by atoms with Crippen molar-refractivity contribution in [2.75, 3.05) is 7.11 Å². The van der Waals surface area contributed by atoms with E-state index in [1.165, 1.54) is 25.3 Å². The van der Waals surface area contributed by atoms with E-state index in [2.05, 4.69) is 14.7 Å².